The monoisotopic (exact) mass is 389 g/mol. The van der Waals surface area contributed by atoms with Gasteiger partial charge in [0.1, 0.15) is 5.82 Å². The summed E-state index contributed by atoms with van der Waals surface area (Å²) in [6, 6.07) is 9.32. The van der Waals surface area contributed by atoms with E-state index in [1.165, 1.54) is 70.1 Å². The van der Waals surface area contributed by atoms with Gasteiger partial charge in [-0.15, -0.1) is 0 Å². The van der Waals surface area contributed by atoms with E-state index >= 15 is 0 Å². The molecule has 0 radical (unpaired) electrons. The van der Waals surface area contributed by atoms with Crippen LogP contribution in [0.3, 0.4) is 0 Å². The Morgan fingerprint density at radius 1 is 0.897 bits per heavy atom. The second kappa shape index (κ2) is 8.44. The molecule has 1 aromatic heterocycles. The number of aromatic nitrogens is 2. The van der Waals surface area contributed by atoms with E-state index in [2.05, 4.69) is 56.5 Å². The second-order valence-electron chi connectivity index (χ2n) is 8.54. The van der Waals surface area contributed by atoms with Gasteiger partial charge in [0, 0.05) is 48.8 Å². The summed E-state index contributed by atoms with van der Waals surface area (Å²) in [5, 5.41) is 3.42. The van der Waals surface area contributed by atoms with E-state index in [1.54, 1.807) is 0 Å². The van der Waals surface area contributed by atoms with Gasteiger partial charge in [0.25, 0.3) is 0 Å². The molecule has 0 atom stereocenters. The average molecular weight is 390 g/mol. The molecule has 1 aromatic carbocycles. The summed E-state index contributed by atoms with van der Waals surface area (Å²) in [6.45, 7) is 3.30. The first kappa shape index (κ1) is 18.5. The summed E-state index contributed by atoms with van der Waals surface area (Å²) in [5.74, 6) is 1.77. The Balaban J connectivity index is 1.32. The van der Waals surface area contributed by atoms with Gasteiger partial charge in [-0.1, -0.05) is 31.4 Å². The minimum atomic E-state index is 0.610. The molecule has 0 bridgehead atoms. The summed E-state index contributed by atoms with van der Waals surface area (Å²) in [4.78, 5) is 14.5. The third-order valence-electron chi connectivity index (χ3n) is 6.53. The zero-order valence-corrected chi connectivity index (χ0v) is 17.2. The molecule has 5 rings (SSSR count). The van der Waals surface area contributed by atoms with Crippen LogP contribution in [0.2, 0.25) is 0 Å². The Hall–Kier alpha value is -2.56. The number of hydrogen-bond acceptors (Lipinski definition) is 5. The van der Waals surface area contributed by atoms with Gasteiger partial charge >= 0.3 is 0 Å². The number of anilines is 4. The van der Waals surface area contributed by atoms with Gasteiger partial charge in [0.15, 0.2) is 0 Å². The molecular weight excluding hydrogens is 358 g/mol. The van der Waals surface area contributed by atoms with E-state index in [0.717, 1.165) is 23.6 Å². The molecule has 2 fully saturated rings. The SMILES string of the molecule is C1=Cc2cnc(Nc3ccc(N4CCCCC4)cc3)nc2N(C2CCCCC2)C1. The summed E-state index contributed by atoms with van der Waals surface area (Å²) in [6.07, 6.45) is 16.9. The van der Waals surface area contributed by atoms with Crippen LogP contribution in [0.5, 0.6) is 0 Å². The summed E-state index contributed by atoms with van der Waals surface area (Å²) < 4.78 is 0. The maximum atomic E-state index is 4.92. The maximum absolute atomic E-state index is 4.92. The molecule has 1 aliphatic carbocycles. The lowest BCUT2D eigenvalue weighted by Crippen LogP contribution is -2.39. The Bertz CT molecular complexity index is 848. The standard InChI is InChI=1S/C24H31N5/c1-3-9-22(10-4-1)29-17-7-8-19-18-25-24(27-23(19)29)26-20-11-13-21(14-12-20)28-15-5-2-6-16-28/h7-8,11-14,18,22H,1-6,9-10,15-17H2,(H,25,26,27). The fourth-order valence-corrected chi connectivity index (χ4v) is 4.92. The molecule has 0 unspecified atom stereocenters. The van der Waals surface area contributed by atoms with Crippen molar-refractivity contribution in [1.29, 1.82) is 0 Å². The first-order valence-corrected chi connectivity index (χ1v) is 11.3. The predicted molar refractivity (Wildman–Crippen MR) is 121 cm³/mol. The zero-order chi connectivity index (χ0) is 19.5. The molecule has 3 aliphatic rings. The number of nitrogens with zero attached hydrogens (tertiary/aromatic N) is 4. The largest absolute Gasteiger partial charge is 0.372 e. The molecule has 3 heterocycles. The van der Waals surface area contributed by atoms with Crippen LogP contribution >= 0.6 is 0 Å². The highest BCUT2D eigenvalue weighted by Gasteiger charge is 2.25. The Kier molecular flexibility index (Phi) is 5.37. The lowest BCUT2D eigenvalue weighted by atomic mass is 9.93. The van der Waals surface area contributed by atoms with Crippen LogP contribution < -0.4 is 15.1 Å². The lowest BCUT2D eigenvalue weighted by Gasteiger charge is -2.37. The van der Waals surface area contributed by atoms with Crippen molar-refractivity contribution in [2.45, 2.75) is 57.4 Å². The molecule has 0 spiro atoms. The number of piperidine rings is 1. The van der Waals surface area contributed by atoms with Crippen molar-refractivity contribution >= 4 is 29.2 Å². The van der Waals surface area contributed by atoms with Gasteiger partial charge in [0.05, 0.1) is 0 Å². The van der Waals surface area contributed by atoms with E-state index in [-0.39, 0.29) is 0 Å². The number of benzene rings is 1. The van der Waals surface area contributed by atoms with E-state index in [0.29, 0.717) is 12.0 Å². The van der Waals surface area contributed by atoms with Gasteiger partial charge in [-0.3, -0.25) is 0 Å². The highest BCUT2D eigenvalue weighted by molar-refractivity contribution is 5.70. The van der Waals surface area contributed by atoms with Crippen molar-refractivity contribution in [2.24, 2.45) is 0 Å². The molecule has 1 saturated carbocycles. The van der Waals surface area contributed by atoms with Crippen LogP contribution in [0.15, 0.2) is 36.5 Å². The second-order valence-corrected chi connectivity index (χ2v) is 8.54. The van der Waals surface area contributed by atoms with Gasteiger partial charge in [-0.25, -0.2) is 4.98 Å². The highest BCUT2D eigenvalue weighted by atomic mass is 15.3. The number of hydrogen-bond donors (Lipinski definition) is 1. The minimum Gasteiger partial charge on any atom is -0.372 e. The number of fused-ring (bicyclic) bond motifs is 1. The molecule has 152 valence electrons. The maximum Gasteiger partial charge on any atom is 0.229 e. The van der Waals surface area contributed by atoms with Crippen LogP contribution in [0, 0.1) is 0 Å². The fraction of sp³-hybridized carbons (Fsp3) is 0.500. The van der Waals surface area contributed by atoms with Crippen LogP contribution in [0.1, 0.15) is 56.9 Å². The molecular formula is C24H31N5. The summed E-state index contributed by atoms with van der Waals surface area (Å²) in [7, 11) is 0. The third-order valence-corrected chi connectivity index (χ3v) is 6.53. The minimum absolute atomic E-state index is 0.610. The van der Waals surface area contributed by atoms with Gasteiger partial charge in [0.2, 0.25) is 5.95 Å². The molecule has 5 nitrogen and oxygen atoms in total. The number of rotatable bonds is 4. The van der Waals surface area contributed by atoms with Gasteiger partial charge < -0.3 is 15.1 Å². The molecule has 1 N–H and O–H groups in total. The van der Waals surface area contributed by atoms with Crippen molar-refractivity contribution in [3.63, 3.8) is 0 Å². The first-order chi connectivity index (χ1) is 14.4. The van der Waals surface area contributed by atoms with Crippen molar-refractivity contribution in [1.82, 2.24) is 9.97 Å². The molecule has 29 heavy (non-hydrogen) atoms. The zero-order valence-electron chi connectivity index (χ0n) is 17.2. The molecule has 5 heteroatoms. The summed E-state index contributed by atoms with van der Waals surface area (Å²) >= 11 is 0. The highest BCUT2D eigenvalue weighted by Crippen LogP contribution is 2.32. The van der Waals surface area contributed by atoms with Crippen LogP contribution in [0.4, 0.5) is 23.1 Å². The quantitative estimate of drug-likeness (QED) is 0.761. The number of nitrogens with one attached hydrogen (secondary N) is 1. The summed E-state index contributed by atoms with van der Waals surface area (Å²) in [5.41, 5.74) is 3.49. The van der Waals surface area contributed by atoms with Crippen molar-refractivity contribution in [2.75, 3.05) is 34.8 Å². The molecule has 2 aliphatic heterocycles. The van der Waals surface area contributed by atoms with Gasteiger partial charge in [-0.05, 0) is 56.4 Å². The average Bonchev–Trinajstić information content (AvgIpc) is 2.80. The van der Waals surface area contributed by atoms with E-state index < -0.39 is 0 Å². The Morgan fingerprint density at radius 2 is 1.66 bits per heavy atom. The van der Waals surface area contributed by atoms with Crippen LogP contribution in [0.25, 0.3) is 6.08 Å². The van der Waals surface area contributed by atoms with Crippen LogP contribution in [-0.2, 0) is 0 Å². The van der Waals surface area contributed by atoms with E-state index in [4.69, 9.17) is 4.98 Å². The lowest BCUT2D eigenvalue weighted by molar-refractivity contribution is 0.419. The normalized spacial score (nSPS) is 19.9. The Labute approximate surface area is 173 Å². The van der Waals surface area contributed by atoms with E-state index in [9.17, 15) is 0 Å². The predicted octanol–water partition coefficient (Wildman–Crippen LogP) is 5.38. The van der Waals surface area contributed by atoms with Crippen molar-refractivity contribution < 1.29 is 0 Å². The fourth-order valence-electron chi connectivity index (χ4n) is 4.92. The topological polar surface area (TPSA) is 44.3 Å². The van der Waals surface area contributed by atoms with Crippen molar-refractivity contribution in [3.8, 4) is 0 Å². The van der Waals surface area contributed by atoms with Gasteiger partial charge in [-0.2, -0.15) is 4.98 Å². The molecule has 0 amide bonds. The van der Waals surface area contributed by atoms with E-state index in [1.807, 2.05) is 6.20 Å². The van der Waals surface area contributed by atoms with Crippen molar-refractivity contribution in [3.05, 3.63) is 42.1 Å². The molecule has 2 aromatic rings. The molecule has 1 saturated heterocycles. The Morgan fingerprint density at radius 3 is 2.45 bits per heavy atom. The smallest absolute Gasteiger partial charge is 0.229 e. The van der Waals surface area contributed by atoms with Crippen LogP contribution in [-0.4, -0.2) is 35.6 Å². The first-order valence-electron chi connectivity index (χ1n) is 11.3. The third kappa shape index (κ3) is 4.09.